The van der Waals surface area contributed by atoms with Crippen molar-refractivity contribution < 1.29 is 19.1 Å². The van der Waals surface area contributed by atoms with Gasteiger partial charge >= 0.3 is 0 Å². The third-order valence-electron chi connectivity index (χ3n) is 2.94. The Morgan fingerprint density at radius 1 is 1.32 bits per heavy atom. The van der Waals surface area contributed by atoms with Crippen molar-refractivity contribution in [2.75, 3.05) is 13.2 Å². The van der Waals surface area contributed by atoms with Crippen molar-refractivity contribution in [2.24, 2.45) is 5.41 Å². The van der Waals surface area contributed by atoms with Crippen LogP contribution in [0.3, 0.4) is 0 Å². The molecule has 1 aromatic carbocycles. The van der Waals surface area contributed by atoms with Crippen LogP contribution in [0.25, 0.3) is 0 Å². The number of hydrogen-bond acceptors (Lipinski definition) is 3. The van der Waals surface area contributed by atoms with E-state index in [4.69, 9.17) is 0 Å². The summed E-state index contributed by atoms with van der Waals surface area (Å²) in [6.07, 6.45) is 0.618. The van der Waals surface area contributed by atoms with E-state index in [1.54, 1.807) is 0 Å². The maximum Gasteiger partial charge on any atom is 0.251 e. The summed E-state index contributed by atoms with van der Waals surface area (Å²) in [6, 6.07) is 4.87. The molecule has 0 aromatic heterocycles. The Hall–Kier alpha value is -1.95. The largest absolute Gasteiger partial charge is 0.394 e. The van der Waals surface area contributed by atoms with E-state index in [2.05, 4.69) is 10.6 Å². The molecular weight excluding hydrogens is 287 g/mol. The first-order valence-corrected chi connectivity index (χ1v) is 7.15. The lowest BCUT2D eigenvalue weighted by molar-refractivity contribution is -0.121. The van der Waals surface area contributed by atoms with Gasteiger partial charge in [0.2, 0.25) is 5.91 Å². The number of aliphatic hydroxyl groups is 1. The van der Waals surface area contributed by atoms with E-state index >= 15 is 0 Å². The number of rotatable bonds is 6. The number of aliphatic hydroxyl groups excluding tert-OH is 1. The van der Waals surface area contributed by atoms with Crippen LogP contribution < -0.4 is 10.6 Å². The summed E-state index contributed by atoms with van der Waals surface area (Å²) >= 11 is 0. The molecule has 0 saturated carbocycles. The van der Waals surface area contributed by atoms with Crippen molar-refractivity contribution in [3.05, 3.63) is 35.6 Å². The van der Waals surface area contributed by atoms with Crippen LogP contribution in [0.5, 0.6) is 0 Å². The van der Waals surface area contributed by atoms with Crippen LogP contribution in [0, 0.1) is 11.2 Å². The summed E-state index contributed by atoms with van der Waals surface area (Å²) < 4.78 is 13.0. The average Bonchev–Trinajstić information content (AvgIpc) is 2.42. The van der Waals surface area contributed by atoms with Gasteiger partial charge in [-0.05, 0) is 30.0 Å². The van der Waals surface area contributed by atoms with E-state index in [0.717, 1.165) is 6.07 Å². The fraction of sp³-hybridized carbons (Fsp3) is 0.500. The summed E-state index contributed by atoms with van der Waals surface area (Å²) in [4.78, 5) is 23.6. The monoisotopic (exact) mass is 310 g/mol. The number of hydrogen-bond donors (Lipinski definition) is 3. The molecule has 1 aromatic rings. The third kappa shape index (κ3) is 6.67. The normalized spacial score (nSPS) is 12.6. The van der Waals surface area contributed by atoms with E-state index in [1.807, 2.05) is 20.8 Å². The predicted octanol–water partition coefficient (Wildman–Crippen LogP) is 1.47. The molecule has 0 spiro atoms. The fourth-order valence-electron chi connectivity index (χ4n) is 2.07. The van der Waals surface area contributed by atoms with Gasteiger partial charge in [-0.25, -0.2) is 4.39 Å². The molecule has 6 heteroatoms. The van der Waals surface area contributed by atoms with E-state index in [-0.39, 0.29) is 30.2 Å². The molecule has 0 aliphatic rings. The van der Waals surface area contributed by atoms with Crippen LogP contribution in [0.2, 0.25) is 0 Å². The SMILES string of the molecule is CC(C)(C)CC(CO)NC(=O)CNC(=O)c1cccc(F)c1. The Labute approximate surface area is 129 Å². The van der Waals surface area contributed by atoms with E-state index in [9.17, 15) is 19.1 Å². The van der Waals surface area contributed by atoms with Crippen LogP contribution in [0.1, 0.15) is 37.6 Å². The molecule has 1 atom stereocenters. The Bertz CT molecular complexity index is 526. The average molecular weight is 310 g/mol. The van der Waals surface area contributed by atoms with Gasteiger partial charge in [0.1, 0.15) is 5.82 Å². The molecule has 0 aliphatic carbocycles. The zero-order valence-electron chi connectivity index (χ0n) is 13.1. The van der Waals surface area contributed by atoms with Gasteiger partial charge in [-0.2, -0.15) is 0 Å². The van der Waals surface area contributed by atoms with Crippen LogP contribution in [0.15, 0.2) is 24.3 Å². The minimum atomic E-state index is -0.522. The van der Waals surface area contributed by atoms with E-state index in [0.29, 0.717) is 6.42 Å². The van der Waals surface area contributed by atoms with Crippen molar-refractivity contribution in [1.29, 1.82) is 0 Å². The molecule has 0 radical (unpaired) electrons. The highest BCUT2D eigenvalue weighted by molar-refractivity contribution is 5.96. The Morgan fingerprint density at radius 2 is 2.00 bits per heavy atom. The van der Waals surface area contributed by atoms with Crippen molar-refractivity contribution in [3.63, 3.8) is 0 Å². The fourth-order valence-corrected chi connectivity index (χ4v) is 2.07. The molecule has 3 N–H and O–H groups in total. The molecule has 0 bridgehead atoms. The Morgan fingerprint density at radius 3 is 2.55 bits per heavy atom. The van der Waals surface area contributed by atoms with Gasteiger partial charge < -0.3 is 15.7 Å². The van der Waals surface area contributed by atoms with Crippen LogP contribution in [0.4, 0.5) is 4.39 Å². The van der Waals surface area contributed by atoms with Gasteiger partial charge in [0.15, 0.2) is 0 Å². The number of benzene rings is 1. The first-order chi connectivity index (χ1) is 10.2. The molecule has 1 rings (SSSR count). The summed E-state index contributed by atoms with van der Waals surface area (Å²) in [5.74, 6) is -1.43. The van der Waals surface area contributed by atoms with Gasteiger partial charge in [-0.15, -0.1) is 0 Å². The minimum Gasteiger partial charge on any atom is -0.394 e. The number of carbonyl (C=O) groups is 2. The van der Waals surface area contributed by atoms with Crippen molar-refractivity contribution in [1.82, 2.24) is 10.6 Å². The zero-order valence-corrected chi connectivity index (χ0v) is 13.1. The number of nitrogens with one attached hydrogen (secondary N) is 2. The Kier molecular flexibility index (Phi) is 6.49. The standard InChI is InChI=1S/C16H23FN2O3/c1-16(2,3)8-13(10-20)19-14(21)9-18-15(22)11-5-4-6-12(17)7-11/h4-7,13,20H,8-10H2,1-3H3,(H,18,22)(H,19,21). The van der Waals surface area contributed by atoms with Crippen molar-refractivity contribution in [3.8, 4) is 0 Å². The molecule has 0 heterocycles. The molecular formula is C16H23FN2O3. The molecule has 5 nitrogen and oxygen atoms in total. The van der Waals surface area contributed by atoms with E-state index < -0.39 is 17.6 Å². The van der Waals surface area contributed by atoms with Gasteiger partial charge in [0, 0.05) is 5.56 Å². The second-order valence-corrected chi connectivity index (χ2v) is 6.40. The van der Waals surface area contributed by atoms with Crippen LogP contribution in [-0.2, 0) is 4.79 Å². The first-order valence-electron chi connectivity index (χ1n) is 7.15. The molecule has 0 fully saturated rings. The predicted molar refractivity (Wildman–Crippen MR) is 81.8 cm³/mol. The van der Waals surface area contributed by atoms with Gasteiger partial charge in [-0.1, -0.05) is 26.8 Å². The number of amides is 2. The summed E-state index contributed by atoms with van der Waals surface area (Å²) in [5.41, 5.74) is 0.118. The minimum absolute atomic E-state index is 0.0362. The molecule has 22 heavy (non-hydrogen) atoms. The molecule has 2 amide bonds. The van der Waals surface area contributed by atoms with E-state index in [1.165, 1.54) is 18.2 Å². The highest BCUT2D eigenvalue weighted by Gasteiger charge is 2.20. The smallest absolute Gasteiger partial charge is 0.251 e. The lowest BCUT2D eigenvalue weighted by Gasteiger charge is -2.25. The lowest BCUT2D eigenvalue weighted by atomic mass is 9.88. The molecule has 0 saturated heterocycles. The lowest BCUT2D eigenvalue weighted by Crippen LogP contribution is -2.44. The van der Waals surface area contributed by atoms with Gasteiger partial charge in [0.25, 0.3) is 5.91 Å². The zero-order chi connectivity index (χ0) is 16.8. The van der Waals surface area contributed by atoms with Crippen molar-refractivity contribution in [2.45, 2.75) is 33.2 Å². The maximum atomic E-state index is 13.0. The summed E-state index contributed by atoms with van der Waals surface area (Å²) in [7, 11) is 0. The van der Waals surface area contributed by atoms with Crippen LogP contribution in [-0.4, -0.2) is 36.1 Å². The number of carbonyl (C=O) groups excluding carboxylic acids is 2. The first kappa shape index (κ1) is 18.1. The third-order valence-corrected chi connectivity index (χ3v) is 2.94. The summed E-state index contributed by atoms with van der Waals surface area (Å²) in [6.45, 7) is 5.63. The molecule has 1 unspecified atom stereocenters. The highest BCUT2D eigenvalue weighted by Crippen LogP contribution is 2.20. The number of halogens is 1. The molecule has 0 aliphatic heterocycles. The van der Waals surface area contributed by atoms with Crippen LogP contribution >= 0.6 is 0 Å². The Balaban J connectivity index is 2.47. The van der Waals surface area contributed by atoms with Crippen molar-refractivity contribution >= 4 is 11.8 Å². The van der Waals surface area contributed by atoms with Gasteiger partial charge in [0.05, 0.1) is 19.2 Å². The quantitative estimate of drug-likeness (QED) is 0.744. The highest BCUT2D eigenvalue weighted by atomic mass is 19.1. The second-order valence-electron chi connectivity index (χ2n) is 6.40. The maximum absolute atomic E-state index is 13.0. The second kappa shape index (κ2) is 7.89. The molecule has 122 valence electrons. The summed E-state index contributed by atoms with van der Waals surface area (Å²) in [5, 5.41) is 14.4. The topological polar surface area (TPSA) is 78.4 Å². The van der Waals surface area contributed by atoms with Gasteiger partial charge in [-0.3, -0.25) is 9.59 Å².